The van der Waals surface area contributed by atoms with Crippen LogP contribution in [-0.4, -0.2) is 18.6 Å². The van der Waals surface area contributed by atoms with Gasteiger partial charge in [0.1, 0.15) is 0 Å². The highest BCUT2D eigenvalue weighted by Crippen LogP contribution is 2.18. The monoisotopic (exact) mass is 225 g/mol. The fraction of sp³-hybridized carbons (Fsp3) is 0.769. The van der Waals surface area contributed by atoms with E-state index >= 15 is 0 Å². The second-order valence-electron chi connectivity index (χ2n) is 4.58. The summed E-state index contributed by atoms with van der Waals surface area (Å²) in [6.07, 6.45) is 9.91. The van der Waals surface area contributed by atoms with Crippen molar-refractivity contribution in [2.45, 2.75) is 57.5 Å². The summed E-state index contributed by atoms with van der Waals surface area (Å²) in [6, 6.07) is 0. The number of hydrogen-bond donors (Lipinski definition) is 1. The Morgan fingerprint density at radius 2 is 1.75 bits per heavy atom. The van der Waals surface area contributed by atoms with E-state index in [0.717, 1.165) is 19.4 Å². The fourth-order valence-electron chi connectivity index (χ4n) is 1.78. The number of hydrogen-bond acceptors (Lipinski definition) is 2. The molecule has 0 bridgehead atoms. The number of amides is 1. The van der Waals surface area contributed by atoms with Crippen LogP contribution in [0.15, 0.2) is 12.2 Å². The number of ether oxygens (including phenoxy) is 1. The molecule has 2 N–H and O–H groups in total. The third-order valence-electron chi connectivity index (χ3n) is 3.01. The molecule has 0 aromatic carbocycles. The number of nitrogens with two attached hydrogens (primary N) is 1. The molecule has 3 heteroatoms. The Balaban J connectivity index is 1.76. The Bertz CT molecular complexity index is 234. The lowest BCUT2D eigenvalue weighted by Crippen LogP contribution is -2.12. The fourth-order valence-corrected chi connectivity index (χ4v) is 1.78. The van der Waals surface area contributed by atoms with Gasteiger partial charge in [-0.1, -0.05) is 38.7 Å². The minimum atomic E-state index is -0.357. The summed E-state index contributed by atoms with van der Waals surface area (Å²) < 4.78 is 5.15. The Hall–Kier alpha value is -0.830. The number of carbonyl (C=O) groups excluding carboxylic acids is 1. The number of rotatable bonds is 10. The van der Waals surface area contributed by atoms with Crippen molar-refractivity contribution in [3.05, 3.63) is 12.2 Å². The summed E-state index contributed by atoms with van der Waals surface area (Å²) in [5.41, 5.74) is 5.66. The van der Waals surface area contributed by atoms with Gasteiger partial charge in [-0.15, -0.1) is 0 Å². The lowest BCUT2D eigenvalue weighted by molar-refractivity contribution is -0.114. The van der Waals surface area contributed by atoms with Crippen molar-refractivity contribution in [3.8, 4) is 0 Å². The van der Waals surface area contributed by atoms with E-state index in [4.69, 9.17) is 10.5 Å². The van der Waals surface area contributed by atoms with Gasteiger partial charge in [0.25, 0.3) is 0 Å². The third kappa shape index (κ3) is 6.62. The van der Waals surface area contributed by atoms with E-state index in [0.29, 0.717) is 11.7 Å². The molecular formula is C13H23NO2. The predicted molar refractivity (Wildman–Crippen MR) is 65.0 cm³/mol. The van der Waals surface area contributed by atoms with Crippen LogP contribution in [0.2, 0.25) is 0 Å². The van der Waals surface area contributed by atoms with Gasteiger partial charge >= 0.3 is 0 Å². The summed E-state index contributed by atoms with van der Waals surface area (Å²) >= 11 is 0. The van der Waals surface area contributed by atoms with Gasteiger partial charge in [-0.05, 0) is 19.3 Å². The summed E-state index contributed by atoms with van der Waals surface area (Å²) in [7, 11) is 0. The van der Waals surface area contributed by atoms with E-state index in [1.165, 1.54) is 38.5 Å². The third-order valence-corrected chi connectivity index (χ3v) is 3.01. The molecule has 0 saturated carbocycles. The summed E-state index contributed by atoms with van der Waals surface area (Å²) in [5.74, 6) is -0.357. The van der Waals surface area contributed by atoms with Crippen LogP contribution in [0.4, 0.5) is 0 Å². The van der Waals surface area contributed by atoms with Crippen LogP contribution in [0.5, 0.6) is 0 Å². The van der Waals surface area contributed by atoms with Crippen molar-refractivity contribution < 1.29 is 9.53 Å². The molecule has 1 aliphatic rings. The van der Waals surface area contributed by atoms with Crippen LogP contribution in [-0.2, 0) is 9.53 Å². The zero-order valence-corrected chi connectivity index (χ0v) is 10.0. The van der Waals surface area contributed by atoms with Crippen LogP contribution in [0, 0.1) is 0 Å². The first-order chi connectivity index (χ1) is 7.70. The van der Waals surface area contributed by atoms with Crippen molar-refractivity contribution in [2.75, 3.05) is 6.61 Å². The molecular weight excluding hydrogens is 202 g/mol. The van der Waals surface area contributed by atoms with Gasteiger partial charge in [-0.3, -0.25) is 4.79 Å². The number of primary amides is 1. The van der Waals surface area contributed by atoms with Crippen LogP contribution >= 0.6 is 0 Å². The average Bonchev–Trinajstić information content (AvgIpc) is 3.05. The summed E-state index contributed by atoms with van der Waals surface area (Å²) in [5, 5.41) is 0. The Morgan fingerprint density at radius 3 is 2.31 bits per heavy atom. The molecule has 1 fully saturated rings. The predicted octanol–water partition coefficient (Wildman–Crippen LogP) is 2.55. The maximum atomic E-state index is 10.7. The minimum absolute atomic E-state index is 0.357. The minimum Gasteiger partial charge on any atom is -0.373 e. The first kappa shape index (κ1) is 13.2. The Morgan fingerprint density at radius 1 is 1.19 bits per heavy atom. The van der Waals surface area contributed by atoms with Gasteiger partial charge in [0, 0.05) is 5.57 Å². The second-order valence-corrected chi connectivity index (χ2v) is 4.58. The number of epoxide rings is 1. The topological polar surface area (TPSA) is 55.6 Å². The highest BCUT2D eigenvalue weighted by Gasteiger charge is 2.20. The van der Waals surface area contributed by atoms with E-state index in [9.17, 15) is 4.79 Å². The molecule has 16 heavy (non-hydrogen) atoms. The lowest BCUT2D eigenvalue weighted by Gasteiger charge is -2.02. The van der Waals surface area contributed by atoms with Crippen molar-refractivity contribution in [2.24, 2.45) is 5.73 Å². The first-order valence-corrected chi connectivity index (χ1v) is 6.29. The van der Waals surface area contributed by atoms with Gasteiger partial charge in [0.15, 0.2) is 0 Å². The molecule has 0 spiro atoms. The molecule has 0 radical (unpaired) electrons. The van der Waals surface area contributed by atoms with Gasteiger partial charge in [-0.2, -0.15) is 0 Å². The highest BCUT2D eigenvalue weighted by molar-refractivity contribution is 5.91. The molecule has 1 amide bonds. The normalized spacial score (nSPS) is 18.4. The van der Waals surface area contributed by atoms with E-state index in [1.807, 2.05) is 0 Å². The largest absolute Gasteiger partial charge is 0.373 e. The quantitative estimate of drug-likeness (QED) is 0.353. The van der Waals surface area contributed by atoms with Crippen molar-refractivity contribution in [3.63, 3.8) is 0 Å². The van der Waals surface area contributed by atoms with E-state index in [-0.39, 0.29) is 5.91 Å². The van der Waals surface area contributed by atoms with E-state index in [1.54, 1.807) is 0 Å². The Labute approximate surface area is 98.0 Å². The second kappa shape index (κ2) is 7.44. The van der Waals surface area contributed by atoms with Crippen LogP contribution < -0.4 is 5.73 Å². The SMILES string of the molecule is C=C(CCCCCCCCC1CO1)C(N)=O. The molecule has 0 aromatic rings. The molecule has 3 nitrogen and oxygen atoms in total. The van der Waals surface area contributed by atoms with Gasteiger partial charge in [-0.25, -0.2) is 0 Å². The molecule has 1 aliphatic heterocycles. The smallest absolute Gasteiger partial charge is 0.244 e. The summed E-state index contributed by atoms with van der Waals surface area (Å²) in [6.45, 7) is 4.62. The standard InChI is InChI=1S/C13H23NO2/c1-11(13(14)15)8-6-4-2-3-5-7-9-12-10-16-12/h12H,1-10H2,(H2,14,15). The number of unbranched alkanes of at least 4 members (excludes halogenated alkanes) is 5. The Kier molecular flexibility index (Phi) is 6.16. The molecule has 0 aliphatic carbocycles. The van der Waals surface area contributed by atoms with Gasteiger partial charge in [0.05, 0.1) is 12.7 Å². The van der Waals surface area contributed by atoms with Gasteiger partial charge < -0.3 is 10.5 Å². The van der Waals surface area contributed by atoms with Crippen LogP contribution in [0.1, 0.15) is 51.4 Å². The molecule has 1 saturated heterocycles. The molecule has 1 atom stereocenters. The van der Waals surface area contributed by atoms with Crippen LogP contribution in [0.25, 0.3) is 0 Å². The van der Waals surface area contributed by atoms with Crippen molar-refractivity contribution in [1.82, 2.24) is 0 Å². The molecule has 92 valence electrons. The van der Waals surface area contributed by atoms with E-state index in [2.05, 4.69) is 6.58 Å². The maximum absolute atomic E-state index is 10.7. The first-order valence-electron chi connectivity index (χ1n) is 6.29. The number of carbonyl (C=O) groups is 1. The zero-order chi connectivity index (χ0) is 11.8. The lowest BCUT2D eigenvalue weighted by atomic mass is 10.0. The van der Waals surface area contributed by atoms with Crippen molar-refractivity contribution in [1.29, 1.82) is 0 Å². The van der Waals surface area contributed by atoms with E-state index < -0.39 is 0 Å². The molecule has 0 aromatic heterocycles. The van der Waals surface area contributed by atoms with Gasteiger partial charge in [0.2, 0.25) is 5.91 Å². The highest BCUT2D eigenvalue weighted by atomic mass is 16.6. The average molecular weight is 225 g/mol. The molecule has 1 heterocycles. The molecule has 1 rings (SSSR count). The van der Waals surface area contributed by atoms with Crippen molar-refractivity contribution >= 4 is 5.91 Å². The van der Waals surface area contributed by atoms with Crippen LogP contribution in [0.3, 0.4) is 0 Å². The summed E-state index contributed by atoms with van der Waals surface area (Å²) in [4.78, 5) is 10.7. The maximum Gasteiger partial charge on any atom is 0.244 e. The zero-order valence-electron chi connectivity index (χ0n) is 10.0. The molecule has 1 unspecified atom stereocenters.